The van der Waals surface area contributed by atoms with E-state index >= 15 is 4.79 Å². The third-order valence-corrected chi connectivity index (χ3v) is 11.7. The van der Waals surface area contributed by atoms with E-state index in [0.29, 0.717) is 65.7 Å². The summed E-state index contributed by atoms with van der Waals surface area (Å²) < 4.78 is 23.1. The molecule has 1 amide bonds. The van der Waals surface area contributed by atoms with Gasteiger partial charge in [-0.2, -0.15) is 5.10 Å². The van der Waals surface area contributed by atoms with Crippen LogP contribution in [0.5, 0.6) is 11.5 Å². The lowest BCUT2D eigenvalue weighted by atomic mass is 9.98. The molecule has 0 saturated heterocycles. The van der Waals surface area contributed by atoms with Gasteiger partial charge in [-0.1, -0.05) is 29.3 Å². The van der Waals surface area contributed by atoms with E-state index in [1.807, 2.05) is 69.8 Å². The minimum Gasteiger partial charge on any atom is -0.494 e. The molecule has 7 rings (SSSR count). The molecule has 0 unspecified atom stereocenters. The number of halogens is 2. The Kier molecular flexibility index (Phi) is 10.4. The molecule has 0 bridgehead atoms. The van der Waals surface area contributed by atoms with Gasteiger partial charge in [0.05, 0.1) is 40.7 Å². The smallest absolute Gasteiger partial charge is 0.352 e. The quantitative estimate of drug-likeness (QED) is 0.123. The summed E-state index contributed by atoms with van der Waals surface area (Å²) in [7, 11) is 5.20. The molecule has 4 heterocycles. The zero-order chi connectivity index (χ0) is 39.5. The van der Waals surface area contributed by atoms with Gasteiger partial charge in [-0.05, 0) is 101 Å². The average Bonchev–Trinajstić information content (AvgIpc) is 3.76. The molecular formula is C42H45Cl2N5O6. The second-order valence-corrected chi connectivity index (χ2v) is 15.1. The SMILES string of the molecule is COCCOc1ccc(N2C[C@@H](C)n3c(c(CCCOc4cc(C)c(Cl)c(C)c4)c4ccc(Cl)c(-c5c(C)nn(C)c5C)c43)C2=O)c2cc(C(=O)O)n(C)c12. The maximum absolute atomic E-state index is 15.2. The standard InChI is InChI=1S/C42H45Cl2N5O6/c1-22-18-27(19-23(2)37(22)44)54-15-9-10-28-29-11-12-31(43)36(35-25(4)45-47(7)26(35)5)39(29)49-24(3)21-48(41(50)40(28)49)32-13-14-34(55-17-16-53-8)38-30(32)20-33(42(51)52)46(38)6/h11-14,18-20,24H,9-10,15-17,21H2,1-8H3,(H,51,52)/t24-/m1/s1. The molecule has 0 spiro atoms. The van der Waals surface area contributed by atoms with Crippen LogP contribution in [0, 0.1) is 27.7 Å². The van der Waals surface area contributed by atoms with Crippen LogP contribution < -0.4 is 14.4 Å². The summed E-state index contributed by atoms with van der Waals surface area (Å²) >= 11 is 13.5. The lowest BCUT2D eigenvalue weighted by molar-refractivity contribution is 0.0686. The highest BCUT2D eigenvalue weighted by atomic mass is 35.5. The Bertz CT molecular complexity index is 2490. The zero-order valence-electron chi connectivity index (χ0n) is 32.3. The summed E-state index contributed by atoms with van der Waals surface area (Å²) in [5.74, 6) is -0.0145. The largest absolute Gasteiger partial charge is 0.494 e. The first kappa shape index (κ1) is 38.3. The van der Waals surface area contributed by atoms with E-state index in [-0.39, 0.29) is 24.2 Å². The summed E-state index contributed by atoms with van der Waals surface area (Å²) in [5, 5.41) is 17.7. The topological polar surface area (TPSA) is 113 Å². The van der Waals surface area contributed by atoms with E-state index in [9.17, 15) is 9.90 Å². The molecule has 1 N–H and O–H groups in total. The molecule has 0 saturated carbocycles. The molecule has 1 aliphatic rings. The highest BCUT2D eigenvalue weighted by Gasteiger charge is 2.38. The molecule has 288 valence electrons. The number of aromatic nitrogens is 4. The van der Waals surface area contributed by atoms with Crippen molar-refractivity contribution in [3.05, 3.63) is 92.0 Å². The van der Waals surface area contributed by atoms with Crippen molar-refractivity contribution in [2.45, 2.75) is 53.5 Å². The molecule has 1 atom stereocenters. The Morgan fingerprint density at radius 1 is 0.927 bits per heavy atom. The molecule has 1 aliphatic heterocycles. The summed E-state index contributed by atoms with van der Waals surface area (Å²) in [6.45, 7) is 11.4. The molecule has 0 radical (unpaired) electrons. The minimum absolute atomic E-state index is 0.0823. The Labute approximate surface area is 329 Å². The number of carbonyl (C=O) groups excluding carboxylic acids is 1. The van der Waals surface area contributed by atoms with Gasteiger partial charge in [0.25, 0.3) is 5.91 Å². The minimum atomic E-state index is -1.08. The predicted octanol–water partition coefficient (Wildman–Crippen LogP) is 9.03. The van der Waals surface area contributed by atoms with Crippen LogP contribution in [0.4, 0.5) is 5.69 Å². The van der Waals surface area contributed by atoms with Crippen LogP contribution in [-0.2, 0) is 25.3 Å². The number of hydrogen-bond acceptors (Lipinski definition) is 6. The molecular weight excluding hydrogens is 741 g/mol. The Hall–Kier alpha value is -4.97. The van der Waals surface area contributed by atoms with Crippen LogP contribution >= 0.6 is 23.2 Å². The number of rotatable bonds is 12. The summed E-state index contributed by atoms with van der Waals surface area (Å²) in [4.78, 5) is 29.3. The van der Waals surface area contributed by atoms with Crippen molar-refractivity contribution in [2.24, 2.45) is 14.1 Å². The summed E-state index contributed by atoms with van der Waals surface area (Å²) in [5.41, 5.74) is 9.13. The second-order valence-electron chi connectivity index (χ2n) is 14.4. The maximum atomic E-state index is 15.2. The van der Waals surface area contributed by atoms with Crippen LogP contribution in [0.2, 0.25) is 10.0 Å². The molecule has 0 fully saturated rings. The Morgan fingerprint density at radius 2 is 1.65 bits per heavy atom. The van der Waals surface area contributed by atoms with Crippen LogP contribution in [0.1, 0.15) is 68.4 Å². The van der Waals surface area contributed by atoms with Gasteiger partial charge in [0, 0.05) is 66.4 Å². The van der Waals surface area contributed by atoms with E-state index in [2.05, 4.69) is 11.5 Å². The van der Waals surface area contributed by atoms with E-state index in [0.717, 1.165) is 60.9 Å². The number of anilines is 1. The molecule has 11 nitrogen and oxygen atoms in total. The van der Waals surface area contributed by atoms with Crippen molar-refractivity contribution >= 4 is 62.6 Å². The van der Waals surface area contributed by atoms with Gasteiger partial charge in [-0.3, -0.25) is 9.48 Å². The van der Waals surface area contributed by atoms with E-state index in [1.54, 1.807) is 35.8 Å². The van der Waals surface area contributed by atoms with Gasteiger partial charge in [-0.15, -0.1) is 0 Å². The van der Waals surface area contributed by atoms with Crippen LogP contribution in [0.3, 0.4) is 0 Å². The number of aryl methyl sites for hydroxylation is 6. The number of carbonyl (C=O) groups is 2. The molecule has 13 heteroatoms. The number of carboxylic acids is 1. The first-order valence-corrected chi connectivity index (χ1v) is 19.0. The maximum Gasteiger partial charge on any atom is 0.352 e. The highest BCUT2D eigenvalue weighted by molar-refractivity contribution is 6.35. The predicted molar refractivity (Wildman–Crippen MR) is 217 cm³/mol. The van der Waals surface area contributed by atoms with Crippen molar-refractivity contribution in [2.75, 3.05) is 38.4 Å². The van der Waals surface area contributed by atoms with Crippen molar-refractivity contribution in [1.82, 2.24) is 18.9 Å². The van der Waals surface area contributed by atoms with Gasteiger partial charge in [0.15, 0.2) is 0 Å². The Balaban J connectivity index is 1.38. The van der Waals surface area contributed by atoms with Crippen molar-refractivity contribution in [3.8, 4) is 22.6 Å². The van der Waals surface area contributed by atoms with E-state index < -0.39 is 5.97 Å². The fourth-order valence-electron chi connectivity index (χ4n) is 8.15. The normalized spacial score (nSPS) is 14.3. The number of ether oxygens (including phenoxy) is 3. The van der Waals surface area contributed by atoms with Gasteiger partial charge in [0.1, 0.15) is 29.5 Å². The zero-order valence-corrected chi connectivity index (χ0v) is 33.9. The van der Waals surface area contributed by atoms with Gasteiger partial charge < -0.3 is 33.4 Å². The molecule has 6 aromatic rings. The van der Waals surface area contributed by atoms with E-state index in [1.165, 1.54) is 0 Å². The fourth-order valence-corrected chi connectivity index (χ4v) is 8.50. The van der Waals surface area contributed by atoms with E-state index in [4.69, 9.17) is 42.5 Å². The lowest BCUT2D eigenvalue weighted by Gasteiger charge is -2.35. The van der Waals surface area contributed by atoms with Crippen LogP contribution in [0.25, 0.3) is 32.9 Å². The van der Waals surface area contributed by atoms with Crippen molar-refractivity contribution in [3.63, 3.8) is 0 Å². The number of carboxylic acid groups (broad SMARTS) is 1. The number of hydrogen-bond donors (Lipinski definition) is 1. The van der Waals surface area contributed by atoms with Gasteiger partial charge in [-0.25, -0.2) is 4.79 Å². The highest BCUT2D eigenvalue weighted by Crippen LogP contribution is 2.46. The molecule has 3 aromatic heterocycles. The number of benzene rings is 3. The van der Waals surface area contributed by atoms with Crippen molar-refractivity contribution < 1.29 is 28.9 Å². The summed E-state index contributed by atoms with van der Waals surface area (Å²) in [6, 6.07) is 12.9. The molecule has 0 aliphatic carbocycles. The number of nitrogens with zero attached hydrogens (tertiary/aromatic N) is 5. The third-order valence-electron chi connectivity index (χ3n) is 10.8. The molecule has 55 heavy (non-hydrogen) atoms. The second kappa shape index (κ2) is 14.9. The monoisotopic (exact) mass is 785 g/mol. The number of aromatic carboxylic acids is 1. The van der Waals surface area contributed by atoms with Crippen molar-refractivity contribution in [1.29, 1.82) is 0 Å². The fraction of sp³-hybridized carbons (Fsp3) is 0.357. The number of methoxy groups -OCH3 is 1. The van der Waals surface area contributed by atoms with Crippen LogP contribution in [-0.4, -0.2) is 69.4 Å². The van der Waals surface area contributed by atoms with Gasteiger partial charge in [0.2, 0.25) is 0 Å². The average molecular weight is 787 g/mol. The lowest BCUT2D eigenvalue weighted by Crippen LogP contribution is -2.42. The number of fused-ring (bicyclic) bond motifs is 4. The first-order chi connectivity index (χ1) is 26.2. The van der Waals surface area contributed by atoms with Gasteiger partial charge >= 0.3 is 5.97 Å². The van der Waals surface area contributed by atoms with Crippen LogP contribution in [0.15, 0.2) is 42.5 Å². The third kappa shape index (κ3) is 6.51. The molecule has 3 aromatic carbocycles. The Morgan fingerprint density at radius 3 is 2.31 bits per heavy atom. The number of amides is 1. The summed E-state index contributed by atoms with van der Waals surface area (Å²) in [6.07, 6.45) is 1.19. The first-order valence-electron chi connectivity index (χ1n) is 18.3.